The van der Waals surface area contributed by atoms with E-state index < -0.39 is 22.9 Å². The standard InChI is InChI=1S/C32H48O5/c1-19-11-16-32(26(34)35)18-17-29(6)21(25(32)31(19,8)36)9-10-23-28(5)14-13-24(37-20(2)33)27(3,4)22(28)12-15-30(23,29)7/h9,22-25,36H,1,10-18H2,2-8H3,(H,34,35). The topological polar surface area (TPSA) is 83.8 Å². The largest absolute Gasteiger partial charge is 0.481 e. The van der Waals surface area contributed by atoms with Crippen molar-refractivity contribution in [2.75, 3.05) is 0 Å². The molecule has 5 heteroatoms. The molecule has 4 saturated carbocycles. The zero-order chi connectivity index (χ0) is 27.4. The lowest BCUT2D eigenvalue weighted by Crippen LogP contribution is -2.67. The highest BCUT2D eigenvalue weighted by Crippen LogP contribution is 2.76. The lowest BCUT2D eigenvalue weighted by atomic mass is 9.33. The molecule has 4 fully saturated rings. The molecule has 0 heterocycles. The Kier molecular flexibility index (Phi) is 5.80. The van der Waals surface area contributed by atoms with Gasteiger partial charge in [0, 0.05) is 18.3 Å². The predicted octanol–water partition coefficient (Wildman–Crippen LogP) is 6.70. The van der Waals surface area contributed by atoms with Crippen LogP contribution in [-0.2, 0) is 14.3 Å². The molecule has 5 nitrogen and oxygen atoms in total. The van der Waals surface area contributed by atoms with E-state index >= 15 is 0 Å². The molecule has 0 amide bonds. The Labute approximate surface area is 223 Å². The maximum absolute atomic E-state index is 12.9. The van der Waals surface area contributed by atoms with Crippen LogP contribution in [0.1, 0.15) is 106 Å². The van der Waals surface area contributed by atoms with Gasteiger partial charge in [-0.05, 0) is 98.4 Å². The maximum Gasteiger partial charge on any atom is 0.310 e. The molecule has 5 aliphatic rings. The highest BCUT2D eigenvalue weighted by Gasteiger charge is 2.71. The number of ether oxygens (including phenoxy) is 1. The van der Waals surface area contributed by atoms with Gasteiger partial charge in [0.1, 0.15) is 6.10 Å². The minimum Gasteiger partial charge on any atom is -0.481 e. The molecule has 0 aliphatic heterocycles. The number of aliphatic hydroxyl groups is 1. The number of esters is 1. The number of hydrogen-bond donors (Lipinski definition) is 2. The summed E-state index contributed by atoms with van der Waals surface area (Å²) in [6.07, 6.45) is 9.87. The molecule has 0 radical (unpaired) electrons. The summed E-state index contributed by atoms with van der Waals surface area (Å²) in [7, 11) is 0. The van der Waals surface area contributed by atoms with Gasteiger partial charge in [0.15, 0.2) is 0 Å². The van der Waals surface area contributed by atoms with Crippen molar-refractivity contribution in [3.8, 4) is 0 Å². The highest BCUT2D eigenvalue weighted by atomic mass is 16.5. The summed E-state index contributed by atoms with van der Waals surface area (Å²) < 4.78 is 5.85. The summed E-state index contributed by atoms with van der Waals surface area (Å²) in [5, 5.41) is 22.4. The van der Waals surface area contributed by atoms with Crippen LogP contribution in [0.15, 0.2) is 23.8 Å². The first kappa shape index (κ1) is 27.0. The van der Waals surface area contributed by atoms with Crippen LogP contribution in [0.3, 0.4) is 0 Å². The molecule has 0 aromatic heterocycles. The normalized spacial score (nSPS) is 50.5. The van der Waals surface area contributed by atoms with Gasteiger partial charge in [-0.15, -0.1) is 0 Å². The Morgan fingerprint density at radius 3 is 2.27 bits per heavy atom. The first-order valence-corrected chi connectivity index (χ1v) is 14.5. The van der Waals surface area contributed by atoms with Crippen molar-refractivity contribution in [2.24, 2.45) is 44.8 Å². The van der Waals surface area contributed by atoms with Gasteiger partial charge in [0.25, 0.3) is 0 Å². The molecular weight excluding hydrogens is 464 g/mol. The van der Waals surface area contributed by atoms with Crippen LogP contribution in [0.2, 0.25) is 0 Å². The van der Waals surface area contributed by atoms with Crippen LogP contribution in [0.25, 0.3) is 0 Å². The Bertz CT molecular complexity index is 1070. The molecule has 37 heavy (non-hydrogen) atoms. The minimum atomic E-state index is -1.22. The lowest BCUT2D eigenvalue weighted by molar-refractivity contribution is -0.216. The third kappa shape index (κ3) is 3.25. The monoisotopic (exact) mass is 512 g/mol. The number of carbonyl (C=O) groups is 2. The van der Waals surface area contributed by atoms with Crippen molar-refractivity contribution in [3.63, 3.8) is 0 Å². The van der Waals surface area contributed by atoms with Gasteiger partial charge in [-0.25, -0.2) is 0 Å². The molecule has 0 bridgehead atoms. The van der Waals surface area contributed by atoms with Crippen LogP contribution < -0.4 is 0 Å². The Morgan fingerprint density at radius 1 is 0.973 bits per heavy atom. The summed E-state index contributed by atoms with van der Waals surface area (Å²) in [6, 6.07) is 0. The molecule has 0 aromatic carbocycles. The van der Waals surface area contributed by atoms with Gasteiger partial charge in [-0.2, -0.15) is 0 Å². The van der Waals surface area contributed by atoms with E-state index in [1.54, 1.807) is 0 Å². The molecule has 5 rings (SSSR count). The second-order valence-corrected chi connectivity index (χ2v) is 14.9. The second-order valence-electron chi connectivity index (χ2n) is 14.9. The number of hydrogen-bond acceptors (Lipinski definition) is 4. The fourth-order valence-electron chi connectivity index (χ4n) is 11.0. The maximum atomic E-state index is 12.9. The van der Waals surface area contributed by atoms with E-state index in [4.69, 9.17) is 4.74 Å². The molecule has 0 spiro atoms. The van der Waals surface area contributed by atoms with E-state index in [0.29, 0.717) is 31.1 Å². The van der Waals surface area contributed by atoms with Crippen LogP contribution >= 0.6 is 0 Å². The van der Waals surface area contributed by atoms with Crippen LogP contribution in [0, 0.1) is 44.8 Å². The summed E-state index contributed by atoms with van der Waals surface area (Å²) in [5.41, 5.74) is -0.353. The van der Waals surface area contributed by atoms with Gasteiger partial charge in [0.2, 0.25) is 0 Å². The van der Waals surface area contributed by atoms with E-state index in [1.807, 2.05) is 6.92 Å². The Hall–Kier alpha value is -1.62. The number of carboxylic acids is 1. The van der Waals surface area contributed by atoms with Gasteiger partial charge >= 0.3 is 11.9 Å². The third-order valence-electron chi connectivity index (χ3n) is 13.3. The fourth-order valence-corrected chi connectivity index (χ4v) is 11.0. The van der Waals surface area contributed by atoms with E-state index in [1.165, 1.54) is 12.5 Å². The smallest absolute Gasteiger partial charge is 0.310 e. The quantitative estimate of drug-likeness (QED) is 0.318. The van der Waals surface area contributed by atoms with E-state index in [-0.39, 0.29) is 33.7 Å². The summed E-state index contributed by atoms with van der Waals surface area (Å²) in [4.78, 5) is 24.7. The second kappa shape index (κ2) is 7.96. The van der Waals surface area contributed by atoms with Crippen LogP contribution in [0.5, 0.6) is 0 Å². The van der Waals surface area contributed by atoms with Gasteiger partial charge in [0.05, 0.1) is 11.0 Å². The van der Waals surface area contributed by atoms with Crippen molar-refractivity contribution in [1.82, 2.24) is 0 Å². The zero-order valence-corrected chi connectivity index (χ0v) is 24.1. The summed E-state index contributed by atoms with van der Waals surface area (Å²) in [5.74, 6) is -0.475. The van der Waals surface area contributed by atoms with Crippen molar-refractivity contribution < 1.29 is 24.5 Å². The van der Waals surface area contributed by atoms with Crippen LogP contribution in [0.4, 0.5) is 0 Å². The first-order chi connectivity index (χ1) is 17.0. The first-order valence-electron chi connectivity index (χ1n) is 14.5. The molecule has 206 valence electrons. The van der Waals surface area contributed by atoms with Gasteiger partial charge in [-0.1, -0.05) is 52.8 Å². The molecule has 5 aliphatic carbocycles. The number of fused-ring (bicyclic) bond motifs is 7. The van der Waals surface area contributed by atoms with Crippen molar-refractivity contribution >= 4 is 11.9 Å². The molecule has 9 unspecified atom stereocenters. The van der Waals surface area contributed by atoms with Crippen molar-refractivity contribution in [2.45, 2.75) is 118 Å². The Balaban J connectivity index is 1.59. The van der Waals surface area contributed by atoms with Gasteiger partial charge in [-0.3, -0.25) is 9.59 Å². The molecule has 0 aromatic rings. The van der Waals surface area contributed by atoms with Crippen LogP contribution in [-0.4, -0.2) is 33.9 Å². The molecule has 9 atom stereocenters. The summed E-state index contributed by atoms with van der Waals surface area (Å²) >= 11 is 0. The van der Waals surface area contributed by atoms with Crippen molar-refractivity contribution in [1.29, 1.82) is 0 Å². The number of allylic oxidation sites excluding steroid dienone is 1. The average Bonchev–Trinajstić information content (AvgIpc) is 2.78. The number of carbonyl (C=O) groups excluding carboxylic acids is 1. The fraction of sp³-hybridized carbons (Fsp3) is 0.812. The molecular formula is C32H48O5. The molecule has 2 N–H and O–H groups in total. The number of carboxylic acid groups (broad SMARTS) is 1. The predicted molar refractivity (Wildman–Crippen MR) is 144 cm³/mol. The lowest BCUT2D eigenvalue weighted by Gasteiger charge is -2.71. The zero-order valence-electron chi connectivity index (χ0n) is 24.1. The number of aliphatic carboxylic acids is 1. The average molecular weight is 513 g/mol. The molecule has 0 saturated heterocycles. The summed E-state index contributed by atoms with van der Waals surface area (Å²) in [6.45, 7) is 19.5. The van der Waals surface area contributed by atoms with Crippen molar-refractivity contribution in [3.05, 3.63) is 23.8 Å². The highest BCUT2D eigenvalue weighted by molar-refractivity contribution is 5.77. The minimum absolute atomic E-state index is 0.00616. The van der Waals surface area contributed by atoms with Gasteiger partial charge < -0.3 is 14.9 Å². The van der Waals surface area contributed by atoms with E-state index in [9.17, 15) is 19.8 Å². The third-order valence-corrected chi connectivity index (χ3v) is 13.3. The number of rotatable bonds is 2. The SMILES string of the molecule is C=C1CCC2(C(=O)O)CCC3(C)C(=CCC4C5(C)CCC(OC(C)=O)C(C)(C)C5CCC43C)C2C1(C)O. The Morgan fingerprint density at radius 2 is 1.65 bits per heavy atom. The van der Waals surface area contributed by atoms with E-state index in [2.05, 4.69) is 47.3 Å². The van der Waals surface area contributed by atoms with E-state index in [0.717, 1.165) is 44.1 Å².